The van der Waals surface area contributed by atoms with Crippen LogP contribution in [0.4, 0.5) is 13.2 Å². The fraction of sp³-hybridized carbons (Fsp3) is 0.292. The number of carbonyl (C=O) groups is 1. The molecular weight excluding hydrogens is 377 g/mol. The molecule has 0 radical (unpaired) electrons. The van der Waals surface area contributed by atoms with Crippen molar-refractivity contribution < 1.29 is 22.7 Å². The predicted octanol–water partition coefficient (Wildman–Crippen LogP) is 6.87. The molecule has 1 unspecified atom stereocenters. The number of carbonyl (C=O) groups excluding carboxylic acids is 1. The molecule has 0 saturated heterocycles. The molecule has 5 heteroatoms. The van der Waals surface area contributed by atoms with Gasteiger partial charge in [-0.05, 0) is 61.2 Å². The Bertz CT molecular complexity index is 907. The van der Waals surface area contributed by atoms with Gasteiger partial charge in [-0.25, -0.2) is 18.0 Å². The van der Waals surface area contributed by atoms with Gasteiger partial charge < -0.3 is 4.74 Å². The summed E-state index contributed by atoms with van der Waals surface area (Å²) in [5.41, 5.74) is 0.960. The number of esters is 1. The van der Waals surface area contributed by atoms with Gasteiger partial charge in [-0.15, -0.1) is 0 Å². The summed E-state index contributed by atoms with van der Waals surface area (Å²) in [6.07, 6.45) is 11.2. The molecule has 0 spiro atoms. The maximum atomic E-state index is 14.5. The lowest BCUT2D eigenvalue weighted by Crippen LogP contribution is -2.14. The van der Waals surface area contributed by atoms with E-state index >= 15 is 0 Å². The second-order valence-corrected chi connectivity index (χ2v) is 7.14. The largest absolute Gasteiger partial charge is 0.423 e. The van der Waals surface area contributed by atoms with Crippen LogP contribution in [0.5, 0.6) is 5.75 Å². The molecule has 1 atom stereocenters. The van der Waals surface area contributed by atoms with Gasteiger partial charge in [0, 0.05) is 5.92 Å². The Morgan fingerprint density at radius 2 is 1.76 bits per heavy atom. The van der Waals surface area contributed by atoms with Gasteiger partial charge >= 0.3 is 5.97 Å². The minimum absolute atomic E-state index is 0.00947. The first kappa shape index (κ1) is 20.9. The van der Waals surface area contributed by atoms with Crippen molar-refractivity contribution in [3.63, 3.8) is 0 Å². The highest BCUT2D eigenvalue weighted by Gasteiger charge is 2.23. The minimum atomic E-state index is -1.16. The Labute approximate surface area is 168 Å². The van der Waals surface area contributed by atoms with E-state index in [-0.39, 0.29) is 11.7 Å². The zero-order valence-corrected chi connectivity index (χ0v) is 16.3. The third kappa shape index (κ3) is 5.37. The Kier molecular flexibility index (Phi) is 6.91. The van der Waals surface area contributed by atoms with Crippen molar-refractivity contribution >= 4 is 5.97 Å². The number of rotatable bonds is 7. The topological polar surface area (TPSA) is 26.3 Å². The molecule has 152 valence electrons. The minimum Gasteiger partial charge on any atom is -0.423 e. The molecule has 2 aromatic rings. The van der Waals surface area contributed by atoms with Crippen molar-refractivity contribution in [3.05, 3.63) is 88.8 Å². The van der Waals surface area contributed by atoms with Gasteiger partial charge in [0.1, 0.15) is 28.8 Å². The lowest BCUT2D eigenvalue weighted by atomic mass is 9.88. The Hall–Kier alpha value is -2.82. The number of hydrogen-bond donors (Lipinski definition) is 0. The van der Waals surface area contributed by atoms with Crippen molar-refractivity contribution in [2.24, 2.45) is 0 Å². The number of ether oxygens (including phenoxy) is 1. The molecule has 1 aliphatic carbocycles. The normalized spacial score (nSPS) is 15.9. The van der Waals surface area contributed by atoms with Gasteiger partial charge in [0.05, 0.1) is 0 Å². The second-order valence-electron chi connectivity index (χ2n) is 7.14. The Morgan fingerprint density at radius 1 is 1.07 bits per heavy atom. The van der Waals surface area contributed by atoms with E-state index in [1.807, 2.05) is 12.2 Å². The average molecular weight is 400 g/mol. The van der Waals surface area contributed by atoms with Gasteiger partial charge in [-0.1, -0.05) is 43.6 Å². The van der Waals surface area contributed by atoms with E-state index in [4.69, 9.17) is 4.74 Å². The van der Waals surface area contributed by atoms with Gasteiger partial charge in [0.15, 0.2) is 0 Å². The lowest BCUT2D eigenvalue weighted by Gasteiger charge is -2.18. The van der Waals surface area contributed by atoms with Crippen LogP contribution in [-0.2, 0) is 0 Å². The van der Waals surface area contributed by atoms with Crippen molar-refractivity contribution in [1.82, 2.24) is 0 Å². The number of hydrogen-bond acceptors (Lipinski definition) is 2. The molecule has 29 heavy (non-hydrogen) atoms. The van der Waals surface area contributed by atoms with Crippen molar-refractivity contribution in [3.8, 4) is 5.75 Å². The quantitative estimate of drug-likeness (QED) is 0.288. The zero-order chi connectivity index (χ0) is 20.8. The number of benzene rings is 2. The number of allylic oxidation sites excluding steroid dienone is 4. The van der Waals surface area contributed by atoms with E-state index in [0.29, 0.717) is 12.0 Å². The highest BCUT2D eigenvalue weighted by Crippen LogP contribution is 2.31. The Balaban J connectivity index is 1.70. The molecule has 3 rings (SSSR count). The van der Waals surface area contributed by atoms with Crippen LogP contribution in [-0.4, -0.2) is 5.97 Å². The summed E-state index contributed by atoms with van der Waals surface area (Å²) in [6, 6.07) is 6.98. The van der Waals surface area contributed by atoms with Crippen molar-refractivity contribution in [2.45, 2.75) is 44.9 Å². The predicted molar refractivity (Wildman–Crippen MR) is 106 cm³/mol. The highest BCUT2D eigenvalue weighted by molar-refractivity contribution is 5.91. The summed E-state index contributed by atoms with van der Waals surface area (Å²) in [5.74, 6) is -3.74. The summed E-state index contributed by atoms with van der Waals surface area (Å²) in [5, 5.41) is 0. The van der Waals surface area contributed by atoms with E-state index in [9.17, 15) is 18.0 Å². The molecular formula is C24H23F3O2. The van der Waals surface area contributed by atoms with Crippen LogP contribution in [0.1, 0.15) is 60.9 Å². The zero-order valence-electron chi connectivity index (χ0n) is 16.3. The fourth-order valence-electron chi connectivity index (χ4n) is 3.34. The SMILES string of the molecule is CCCCCC1=CCC(c2cc(F)c(C(=O)Oc3ccc(F)cc3)c(F)c2)C=C1. The first-order valence-electron chi connectivity index (χ1n) is 9.82. The average Bonchev–Trinajstić information content (AvgIpc) is 2.70. The Morgan fingerprint density at radius 3 is 2.34 bits per heavy atom. The van der Waals surface area contributed by atoms with E-state index in [1.54, 1.807) is 0 Å². The third-order valence-electron chi connectivity index (χ3n) is 4.97. The van der Waals surface area contributed by atoms with Crippen LogP contribution >= 0.6 is 0 Å². The van der Waals surface area contributed by atoms with Gasteiger partial charge in [0.25, 0.3) is 0 Å². The van der Waals surface area contributed by atoms with Crippen LogP contribution in [0.25, 0.3) is 0 Å². The molecule has 0 bridgehead atoms. The lowest BCUT2D eigenvalue weighted by molar-refractivity contribution is 0.0724. The van der Waals surface area contributed by atoms with Crippen molar-refractivity contribution in [1.29, 1.82) is 0 Å². The molecule has 2 nitrogen and oxygen atoms in total. The van der Waals surface area contributed by atoms with Crippen LogP contribution in [0.2, 0.25) is 0 Å². The molecule has 0 saturated carbocycles. The first-order chi connectivity index (χ1) is 14.0. The summed E-state index contributed by atoms with van der Waals surface area (Å²) in [7, 11) is 0. The van der Waals surface area contributed by atoms with Crippen LogP contribution in [0, 0.1) is 17.5 Å². The third-order valence-corrected chi connectivity index (χ3v) is 4.97. The summed E-state index contributed by atoms with van der Waals surface area (Å²) in [4.78, 5) is 12.2. The van der Waals surface area contributed by atoms with Crippen molar-refractivity contribution in [2.75, 3.05) is 0 Å². The number of halogens is 3. The number of unbranched alkanes of at least 4 members (excludes halogenated alkanes) is 2. The van der Waals surface area contributed by atoms with E-state index in [0.717, 1.165) is 31.4 Å². The highest BCUT2D eigenvalue weighted by atomic mass is 19.1. The molecule has 0 aromatic heterocycles. The summed E-state index contributed by atoms with van der Waals surface area (Å²) >= 11 is 0. The van der Waals surface area contributed by atoms with Crippen LogP contribution in [0.15, 0.2) is 60.2 Å². The molecule has 0 fully saturated rings. The molecule has 0 aliphatic heterocycles. The fourth-order valence-corrected chi connectivity index (χ4v) is 3.34. The molecule has 2 aromatic carbocycles. The van der Waals surface area contributed by atoms with Gasteiger partial charge in [-0.2, -0.15) is 0 Å². The smallest absolute Gasteiger partial charge is 0.349 e. The molecule has 1 aliphatic rings. The second kappa shape index (κ2) is 9.59. The van der Waals surface area contributed by atoms with Crippen LogP contribution in [0.3, 0.4) is 0 Å². The first-order valence-corrected chi connectivity index (χ1v) is 9.82. The van der Waals surface area contributed by atoms with E-state index in [2.05, 4.69) is 13.0 Å². The summed E-state index contributed by atoms with van der Waals surface area (Å²) in [6.45, 7) is 2.16. The monoisotopic (exact) mass is 400 g/mol. The summed E-state index contributed by atoms with van der Waals surface area (Å²) < 4.78 is 46.9. The standard InChI is InChI=1S/C24H23F3O2/c1-2-3-4-5-16-6-8-17(9-7-16)18-14-21(26)23(22(27)15-18)24(28)29-20-12-10-19(25)11-13-20/h6-8,10-15,17H,2-5,9H2,1H3. The maximum absolute atomic E-state index is 14.5. The molecule has 0 amide bonds. The molecule has 0 N–H and O–H groups in total. The van der Waals surface area contributed by atoms with E-state index in [1.165, 1.54) is 36.3 Å². The van der Waals surface area contributed by atoms with Gasteiger partial charge in [-0.3, -0.25) is 0 Å². The van der Waals surface area contributed by atoms with Crippen LogP contribution < -0.4 is 4.74 Å². The van der Waals surface area contributed by atoms with Gasteiger partial charge in [0.2, 0.25) is 0 Å². The maximum Gasteiger partial charge on any atom is 0.349 e. The van der Waals surface area contributed by atoms with E-state index < -0.39 is 29.0 Å². The molecule has 0 heterocycles.